The van der Waals surface area contributed by atoms with Gasteiger partial charge < -0.3 is 14.4 Å². The summed E-state index contributed by atoms with van der Waals surface area (Å²) in [6, 6.07) is 18.1. The molecule has 0 spiro atoms. The molecule has 154 valence electrons. The molecule has 4 rings (SSSR count). The minimum atomic E-state index is 0.225. The fourth-order valence-electron chi connectivity index (χ4n) is 3.80. The molecular formula is C23H29N3O3. The fraction of sp³-hybridized carbons (Fsp3) is 0.435. The Morgan fingerprint density at radius 1 is 0.828 bits per heavy atom. The van der Waals surface area contributed by atoms with Gasteiger partial charge >= 0.3 is 0 Å². The number of hydrogen-bond acceptors (Lipinski definition) is 5. The summed E-state index contributed by atoms with van der Waals surface area (Å²) in [5.41, 5.74) is 1.19. The van der Waals surface area contributed by atoms with Crippen LogP contribution in [-0.2, 0) is 16.1 Å². The SMILES string of the molecule is O=C(CN1CCN(Cc2ccccc2Oc2ccccc2)CC1)N1CCOCC1. The fourth-order valence-corrected chi connectivity index (χ4v) is 3.80. The molecule has 2 aliphatic heterocycles. The second-order valence-corrected chi connectivity index (χ2v) is 7.57. The van der Waals surface area contributed by atoms with Crippen LogP contribution in [0.15, 0.2) is 54.6 Å². The molecule has 2 aromatic carbocycles. The van der Waals surface area contributed by atoms with Crippen LogP contribution in [0.1, 0.15) is 5.56 Å². The van der Waals surface area contributed by atoms with Gasteiger partial charge in [0, 0.05) is 51.4 Å². The van der Waals surface area contributed by atoms with E-state index in [4.69, 9.17) is 9.47 Å². The van der Waals surface area contributed by atoms with Crippen molar-refractivity contribution in [3.05, 3.63) is 60.2 Å². The van der Waals surface area contributed by atoms with E-state index in [2.05, 4.69) is 21.9 Å². The molecule has 6 heteroatoms. The zero-order chi connectivity index (χ0) is 19.9. The summed E-state index contributed by atoms with van der Waals surface area (Å²) in [5.74, 6) is 1.98. The normalized spacial score (nSPS) is 18.6. The van der Waals surface area contributed by atoms with Crippen LogP contribution in [0.2, 0.25) is 0 Å². The molecule has 6 nitrogen and oxygen atoms in total. The number of ether oxygens (including phenoxy) is 2. The summed E-state index contributed by atoms with van der Waals surface area (Å²) in [4.78, 5) is 19.1. The molecule has 2 aromatic rings. The Morgan fingerprint density at radius 3 is 2.24 bits per heavy atom. The largest absolute Gasteiger partial charge is 0.457 e. The van der Waals surface area contributed by atoms with Crippen molar-refractivity contribution < 1.29 is 14.3 Å². The van der Waals surface area contributed by atoms with Crippen LogP contribution < -0.4 is 4.74 Å². The molecule has 0 unspecified atom stereocenters. The molecule has 0 N–H and O–H groups in total. The zero-order valence-corrected chi connectivity index (χ0v) is 16.8. The predicted octanol–water partition coefficient (Wildman–Crippen LogP) is 2.46. The van der Waals surface area contributed by atoms with Crippen molar-refractivity contribution in [2.24, 2.45) is 0 Å². The third kappa shape index (κ3) is 5.56. The van der Waals surface area contributed by atoms with Gasteiger partial charge in [0.05, 0.1) is 19.8 Å². The molecule has 0 atom stereocenters. The maximum Gasteiger partial charge on any atom is 0.236 e. The minimum Gasteiger partial charge on any atom is -0.457 e. The van der Waals surface area contributed by atoms with E-state index in [1.165, 1.54) is 5.56 Å². The first-order valence-electron chi connectivity index (χ1n) is 10.4. The van der Waals surface area contributed by atoms with Crippen LogP contribution in [-0.4, -0.2) is 79.6 Å². The number of carbonyl (C=O) groups is 1. The second-order valence-electron chi connectivity index (χ2n) is 7.57. The van der Waals surface area contributed by atoms with E-state index >= 15 is 0 Å². The molecule has 2 saturated heterocycles. The van der Waals surface area contributed by atoms with E-state index in [0.717, 1.165) is 57.3 Å². The molecule has 29 heavy (non-hydrogen) atoms. The topological polar surface area (TPSA) is 45.2 Å². The number of hydrogen-bond donors (Lipinski definition) is 0. The van der Waals surface area contributed by atoms with Gasteiger partial charge in [0.25, 0.3) is 0 Å². The first kappa shape index (κ1) is 19.9. The second kappa shape index (κ2) is 9.87. The lowest BCUT2D eigenvalue weighted by molar-refractivity contribution is -0.136. The third-order valence-corrected chi connectivity index (χ3v) is 5.53. The Hall–Kier alpha value is -2.41. The van der Waals surface area contributed by atoms with E-state index in [0.29, 0.717) is 19.8 Å². The first-order valence-corrected chi connectivity index (χ1v) is 10.4. The average molecular weight is 396 g/mol. The summed E-state index contributed by atoms with van der Waals surface area (Å²) in [7, 11) is 0. The quantitative estimate of drug-likeness (QED) is 0.752. The van der Waals surface area contributed by atoms with Crippen LogP contribution in [0.4, 0.5) is 0 Å². The molecule has 2 heterocycles. The summed E-state index contributed by atoms with van der Waals surface area (Å²) >= 11 is 0. The Bertz CT molecular complexity index is 785. The average Bonchev–Trinajstić information content (AvgIpc) is 2.78. The lowest BCUT2D eigenvalue weighted by Crippen LogP contribution is -2.51. The minimum absolute atomic E-state index is 0.225. The molecular weight excluding hydrogens is 366 g/mol. The van der Waals surface area contributed by atoms with E-state index in [-0.39, 0.29) is 5.91 Å². The molecule has 0 saturated carbocycles. The Balaban J connectivity index is 1.28. The van der Waals surface area contributed by atoms with Crippen molar-refractivity contribution in [3.63, 3.8) is 0 Å². The molecule has 0 aliphatic carbocycles. The van der Waals surface area contributed by atoms with Gasteiger partial charge in [-0.25, -0.2) is 0 Å². The van der Waals surface area contributed by atoms with Gasteiger partial charge in [-0.1, -0.05) is 36.4 Å². The van der Waals surface area contributed by atoms with E-state index in [1.807, 2.05) is 47.4 Å². The van der Waals surface area contributed by atoms with E-state index < -0.39 is 0 Å². The Labute approximate surface area is 172 Å². The van der Waals surface area contributed by atoms with Crippen LogP contribution in [0.5, 0.6) is 11.5 Å². The third-order valence-electron chi connectivity index (χ3n) is 5.53. The predicted molar refractivity (Wildman–Crippen MR) is 112 cm³/mol. The lowest BCUT2D eigenvalue weighted by Gasteiger charge is -2.36. The van der Waals surface area contributed by atoms with Crippen molar-refractivity contribution in [3.8, 4) is 11.5 Å². The van der Waals surface area contributed by atoms with Gasteiger partial charge in [-0.15, -0.1) is 0 Å². The van der Waals surface area contributed by atoms with Gasteiger partial charge in [0.2, 0.25) is 5.91 Å². The monoisotopic (exact) mass is 395 g/mol. The number of amides is 1. The smallest absolute Gasteiger partial charge is 0.236 e. The summed E-state index contributed by atoms with van der Waals surface area (Å²) < 4.78 is 11.4. The van der Waals surface area contributed by atoms with Gasteiger partial charge in [-0.05, 0) is 18.2 Å². The number of rotatable bonds is 6. The zero-order valence-electron chi connectivity index (χ0n) is 16.8. The highest BCUT2D eigenvalue weighted by molar-refractivity contribution is 5.78. The van der Waals surface area contributed by atoms with Crippen molar-refractivity contribution in [1.82, 2.24) is 14.7 Å². The maximum atomic E-state index is 12.5. The molecule has 0 radical (unpaired) electrons. The standard InChI is InChI=1S/C23H29N3O3/c27-23(26-14-16-28-17-15-26)19-25-12-10-24(11-13-25)18-20-6-4-5-9-22(20)29-21-7-2-1-3-8-21/h1-9H,10-19H2. The highest BCUT2D eigenvalue weighted by Gasteiger charge is 2.23. The summed E-state index contributed by atoms with van der Waals surface area (Å²) in [6.45, 7) is 7.86. The lowest BCUT2D eigenvalue weighted by atomic mass is 10.1. The van der Waals surface area contributed by atoms with Gasteiger partial charge in [-0.3, -0.25) is 14.6 Å². The van der Waals surface area contributed by atoms with Gasteiger partial charge in [-0.2, -0.15) is 0 Å². The number of nitrogens with zero attached hydrogens (tertiary/aromatic N) is 3. The van der Waals surface area contributed by atoms with Crippen molar-refractivity contribution >= 4 is 5.91 Å². The maximum absolute atomic E-state index is 12.5. The van der Waals surface area contributed by atoms with Crippen molar-refractivity contribution in [2.45, 2.75) is 6.54 Å². The Morgan fingerprint density at radius 2 is 1.48 bits per heavy atom. The molecule has 0 bridgehead atoms. The molecule has 0 aromatic heterocycles. The molecule has 2 aliphatic rings. The summed E-state index contributed by atoms with van der Waals surface area (Å²) in [6.07, 6.45) is 0. The number of para-hydroxylation sites is 2. The van der Waals surface area contributed by atoms with Crippen molar-refractivity contribution in [1.29, 1.82) is 0 Å². The van der Waals surface area contributed by atoms with Crippen molar-refractivity contribution in [2.75, 3.05) is 59.0 Å². The molecule has 2 fully saturated rings. The number of benzene rings is 2. The number of morpholine rings is 1. The highest BCUT2D eigenvalue weighted by atomic mass is 16.5. The van der Waals surface area contributed by atoms with E-state index in [1.54, 1.807) is 0 Å². The van der Waals surface area contributed by atoms with Gasteiger partial charge in [0.1, 0.15) is 11.5 Å². The first-order chi connectivity index (χ1) is 14.3. The number of carbonyl (C=O) groups excluding carboxylic acids is 1. The summed E-state index contributed by atoms with van der Waals surface area (Å²) in [5, 5.41) is 0. The van der Waals surface area contributed by atoms with Crippen LogP contribution in [0.25, 0.3) is 0 Å². The highest BCUT2D eigenvalue weighted by Crippen LogP contribution is 2.26. The van der Waals surface area contributed by atoms with Crippen LogP contribution in [0.3, 0.4) is 0 Å². The molecule has 1 amide bonds. The van der Waals surface area contributed by atoms with Crippen LogP contribution in [0, 0.1) is 0 Å². The van der Waals surface area contributed by atoms with Crippen LogP contribution >= 0.6 is 0 Å². The Kier molecular flexibility index (Phi) is 6.77. The van der Waals surface area contributed by atoms with Gasteiger partial charge in [0.15, 0.2) is 0 Å². The van der Waals surface area contributed by atoms with E-state index in [9.17, 15) is 4.79 Å². The number of piperazine rings is 1.